The monoisotopic (exact) mass is 739 g/mol. The van der Waals surface area contributed by atoms with Crippen molar-refractivity contribution in [1.82, 2.24) is 18.9 Å². The van der Waals surface area contributed by atoms with Crippen LogP contribution in [0.15, 0.2) is 117 Å². The summed E-state index contributed by atoms with van der Waals surface area (Å²) < 4.78 is 56.4. The van der Waals surface area contributed by atoms with Crippen molar-refractivity contribution >= 4 is 50.4 Å². The molecule has 7 rings (SSSR count). The lowest BCUT2D eigenvalue weighted by Gasteiger charge is -2.29. The van der Waals surface area contributed by atoms with Gasteiger partial charge in [-0.15, -0.1) is 0 Å². The van der Waals surface area contributed by atoms with Gasteiger partial charge in [0.1, 0.15) is 11.6 Å². The molecule has 2 unspecified atom stereocenters. The number of amides is 1. The number of rotatable bonds is 8. The highest BCUT2D eigenvalue weighted by atomic mass is 32.2. The van der Waals surface area contributed by atoms with Crippen LogP contribution in [-0.2, 0) is 14.8 Å². The van der Waals surface area contributed by atoms with E-state index in [4.69, 9.17) is 10.1 Å². The first-order valence-electron chi connectivity index (χ1n) is 16.7. The fraction of sp³-hybridized carbons (Fsp3) is 0.231. The van der Waals surface area contributed by atoms with Gasteiger partial charge < -0.3 is 0 Å². The number of hydrazone groups is 1. The number of nitrogens with zero attached hydrogens (tertiary/aromatic N) is 5. The zero-order valence-corrected chi connectivity index (χ0v) is 30.3. The van der Waals surface area contributed by atoms with Crippen molar-refractivity contribution in [3.63, 3.8) is 0 Å². The van der Waals surface area contributed by atoms with Gasteiger partial charge in [-0.05, 0) is 103 Å². The zero-order chi connectivity index (χ0) is 36.7. The second-order valence-electron chi connectivity index (χ2n) is 13.0. The molecule has 1 amide bonds. The molecule has 0 saturated heterocycles. The van der Waals surface area contributed by atoms with Gasteiger partial charge in [0, 0.05) is 20.0 Å². The molecule has 0 bridgehead atoms. The smallest absolute Gasteiger partial charge is 0.266 e. The van der Waals surface area contributed by atoms with E-state index in [9.17, 15) is 26.8 Å². The Morgan fingerprint density at radius 1 is 0.981 bits per heavy atom. The number of thioether (sulfide) groups is 1. The molecular weight excluding hydrogens is 705 g/mol. The summed E-state index contributed by atoms with van der Waals surface area (Å²) in [7, 11) is -0.962. The third-order valence-electron chi connectivity index (χ3n) is 9.45. The molecule has 1 aliphatic carbocycles. The maximum absolute atomic E-state index is 14.3. The molecule has 4 aromatic carbocycles. The number of aryl methyl sites for hydroxylation is 1. The minimum atomic E-state index is -3.83. The number of carbonyl (C=O) groups excluding carboxylic acids is 1. The van der Waals surface area contributed by atoms with E-state index in [0.29, 0.717) is 22.2 Å². The Kier molecular flexibility index (Phi) is 9.68. The SMILES string of the molecule is Cc1ccc(S(=O)(=O)N(C)C)cc1-n1c(SCC(=O)N2N=C3/C(=C\c4ccc(F)cc4)CCCC3C2c2ccc(F)cc2)nc2ccccc2c1=O. The summed E-state index contributed by atoms with van der Waals surface area (Å²) in [6.07, 6.45) is 4.31. The largest absolute Gasteiger partial charge is 0.272 e. The van der Waals surface area contributed by atoms with Crippen LogP contribution in [0.3, 0.4) is 0 Å². The first-order chi connectivity index (χ1) is 24.9. The predicted molar refractivity (Wildman–Crippen MR) is 199 cm³/mol. The molecule has 1 aliphatic heterocycles. The maximum atomic E-state index is 14.3. The fourth-order valence-electron chi connectivity index (χ4n) is 6.78. The summed E-state index contributed by atoms with van der Waals surface area (Å²) in [6.45, 7) is 1.77. The zero-order valence-electron chi connectivity index (χ0n) is 28.7. The van der Waals surface area contributed by atoms with Crippen molar-refractivity contribution in [2.24, 2.45) is 11.0 Å². The normalized spacial score (nSPS) is 18.2. The molecule has 2 aliphatic rings. The molecule has 0 spiro atoms. The molecule has 0 radical (unpaired) electrons. The number of hydrogen-bond donors (Lipinski definition) is 0. The third-order valence-corrected chi connectivity index (χ3v) is 12.2. The molecular formula is C39H35F2N5O4S2. The minimum Gasteiger partial charge on any atom is -0.272 e. The van der Waals surface area contributed by atoms with E-state index in [-0.39, 0.29) is 33.4 Å². The summed E-state index contributed by atoms with van der Waals surface area (Å²) in [5.74, 6) is -1.38. The van der Waals surface area contributed by atoms with Crippen molar-refractivity contribution in [2.45, 2.75) is 42.3 Å². The Labute approximate surface area is 304 Å². The van der Waals surface area contributed by atoms with Gasteiger partial charge in [0.2, 0.25) is 10.0 Å². The van der Waals surface area contributed by atoms with Gasteiger partial charge in [-0.2, -0.15) is 5.10 Å². The van der Waals surface area contributed by atoms with Gasteiger partial charge in [0.15, 0.2) is 5.16 Å². The highest BCUT2D eigenvalue weighted by Crippen LogP contribution is 2.45. The number of carbonyl (C=O) groups is 1. The Morgan fingerprint density at radius 2 is 1.67 bits per heavy atom. The number of sulfonamides is 1. The minimum absolute atomic E-state index is 0.00678. The number of aromatic nitrogens is 2. The van der Waals surface area contributed by atoms with Crippen LogP contribution in [0, 0.1) is 24.5 Å². The summed E-state index contributed by atoms with van der Waals surface area (Å²) in [4.78, 5) is 33.2. The number of para-hydroxylation sites is 1. The second kappa shape index (κ2) is 14.2. The van der Waals surface area contributed by atoms with Crippen LogP contribution in [0.25, 0.3) is 22.7 Å². The first-order valence-corrected chi connectivity index (χ1v) is 19.2. The van der Waals surface area contributed by atoms with E-state index >= 15 is 0 Å². The molecule has 13 heteroatoms. The number of allylic oxidation sites excluding steroid dienone is 1. The second-order valence-corrected chi connectivity index (χ2v) is 16.1. The summed E-state index contributed by atoms with van der Waals surface area (Å²) >= 11 is 1.05. The van der Waals surface area contributed by atoms with Crippen molar-refractivity contribution in [3.8, 4) is 5.69 Å². The van der Waals surface area contributed by atoms with E-state index in [1.54, 1.807) is 61.5 Å². The number of fused-ring (bicyclic) bond motifs is 2. The highest BCUT2D eigenvalue weighted by molar-refractivity contribution is 7.99. The molecule has 5 aromatic rings. The Balaban J connectivity index is 1.28. The van der Waals surface area contributed by atoms with Gasteiger partial charge in [0.25, 0.3) is 11.5 Å². The third kappa shape index (κ3) is 6.71. The van der Waals surface area contributed by atoms with E-state index in [0.717, 1.165) is 57.7 Å². The number of halogens is 2. The maximum Gasteiger partial charge on any atom is 0.266 e. The van der Waals surface area contributed by atoms with Crippen LogP contribution in [0.1, 0.15) is 42.0 Å². The van der Waals surface area contributed by atoms with Gasteiger partial charge in [-0.3, -0.25) is 14.2 Å². The van der Waals surface area contributed by atoms with Crippen molar-refractivity contribution in [2.75, 3.05) is 19.8 Å². The highest BCUT2D eigenvalue weighted by Gasteiger charge is 2.43. The first kappa shape index (κ1) is 35.4. The lowest BCUT2D eigenvalue weighted by atomic mass is 9.77. The molecule has 2 atom stereocenters. The fourth-order valence-corrected chi connectivity index (χ4v) is 8.56. The van der Waals surface area contributed by atoms with Gasteiger partial charge in [-0.25, -0.2) is 31.5 Å². The van der Waals surface area contributed by atoms with Crippen LogP contribution in [0.4, 0.5) is 8.78 Å². The summed E-state index contributed by atoms with van der Waals surface area (Å²) in [5.41, 5.74) is 4.25. The van der Waals surface area contributed by atoms with Crippen molar-refractivity contribution in [3.05, 3.63) is 135 Å². The summed E-state index contributed by atoms with van der Waals surface area (Å²) in [5, 5.41) is 6.91. The van der Waals surface area contributed by atoms with E-state index in [2.05, 4.69) is 0 Å². The molecule has 1 saturated carbocycles. The van der Waals surface area contributed by atoms with Gasteiger partial charge >= 0.3 is 0 Å². The van der Waals surface area contributed by atoms with E-state index < -0.39 is 27.4 Å². The summed E-state index contributed by atoms with van der Waals surface area (Å²) in [6, 6.07) is 23.2. The van der Waals surface area contributed by atoms with Crippen LogP contribution in [-0.4, -0.2) is 58.8 Å². The van der Waals surface area contributed by atoms with Gasteiger partial charge in [0.05, 0.1) is 39.0 Å². The lowest BCUT2D eigenvalue weighted by Crippen LogP contribution is -2.33. The topological polar surface area (TPSA) is 105 Å². The van der Waals surface area contributed by atoms with Crippen molar-refractivity contribution < 1.29 is 22.0 Å². The van der Waals surface area contributed by atoms with Crippen LogP contribution in [0.5, 0.6) is 0 Å². The van der Waals surface area contributed by atoms with Crippen LogP contribution in [0.2, 0.25) is 0 Å². The standard InChI is InChI=1S/C39H35F2N5O4S2/c1-24-11-20-30(52(49,50)44(2)3)22-34(24)45-38(48)31-8-4-5-10-33(31)42-39(45)51-23-35(47)46-37(26-14-18-29(41)19-15-26)32-9-6-7-27(36(32)43-46)21-25-12-16-28(40)17-13-25/h4-5,8,10-22,32,37H,6-7,9,23H2,1-3H3/b27-21-. The molecule has 1 aromatic heterocycles. The molecule has 1 fully saturated rings. The van der Waals surface area contributed by atoms with E-state index in [1.807, 2.05) is 6.08 Å². The Hall–Kier alpha value is -4.98. The van der Waals surface area contributed by atoms with Crippen LogP contribution < -0.4 is 5.56 Å². The lowest BCUT2D eigenvalue weighted by molar-refractivity contribution is -0.130. The molecule has 2 heterocycles. The van der Waals surface area contributed by atoms with E-state index in [1.165, 1.54) is 60.1 Å². The quantitative estimate of drug-likeness (QED) is 0.124. The van der Waals surface area contributed by atoms with Crippen LogP contribution >= 0.6 is 11.8 Å². The Morgan fingerprint density at radius 3 is 2.38 bits per heavy atom. The average molecular weight is 740 g/mol. The number of hydrogen-bond acceptors (Lipinski definition) is 7. The molecule has 0 N–H and O–H groups in total. The molecule has 9 nitrogen and oxygen atoms in total. The number of benzene rings is 4. The Bertz CT molecular complexity index is 2430. The molecule has 266 valence electrons. The van der Waals surface area contributed by atoms with Crippen molar-refractivity contribution in [1.29, 1.82) is 0 Å². The predicted octanol–water partition coefficient (Wildman–Crippen LogP) is 7.14. The van der Waals surface area contributed by atoms with Gasteiger partial charge in [-0.1, -0.05) is 54.2 Å². The average Bonchev–Trinajstić information content (AvgIpc) is 3.53. The molecule has 52 heavy (non-hydrogen) atoms.